The summed E-state index contributed by atoms with van der Waals surface area (Å²) in [6, 6.07) is 0. The van der Waals surface area contributed by atoms with Gasteiger partial charge in [0, 0.05) is 31.2 Å². The van der Waals surface area contributed by atoms with Crippen molar-refractivity contribution in [2.45, 2.75) is 31.9 Å². The summed E-state index contributed by atoms with van der Waals surface area (Å²) < 4.78 is 3.81. The molecule has 2 rings (SSSR count). The summed E-state index contributed by atoms with van der Waals surface area (Å²) in [5, 5.41) is 14.5. The highest BCUT2D eigenvalue weighted by Crippen LogP contribution is 2.23. The van der Waals surface area contributed by atoms with Crippen LogP contribution in [0, 0.1) is 0 Å². The molecule has 84 valence electrons. The molecule has 0 aliphatic carbocycles. The quantitative estimate of drug-likeness (QED) is 0.769. The highest BCUT2D eigenvalue weighted by atomic mass is 32.1. The van der Waals surface area contributed by atoms with Gasteiger partial charge in [-0.1, -0.05) is 4.49 Å². The Morgan fingerprint density at radius 2 is 2.20 bits per heavy atom. The van der Waals surface area contributed by atoms with E-state index in [1.54, 1.807) is 0 Å². The first kappa shape index (κ1) is 10.8. The number of rotatable bonds is 2. The third-order valence-electron chi connectivity index (χ3n) is 2.89. The zero-order valence-corrected chi connectivity index (χ0v) is 9.63. The molecule has 1 aliphatic rings. The SMILES string of the molecule is CC1(O)CCN(Cc2nnsc2N)CC1. The van der Waals surface area contributed by atoms with Crippen molar-refractivity contribution in [2.24, 2.45) is 0 Å². The van der Waals surface area contributed by atoms with Gasteiger partial charge < -0.3 is 10.8 Å². The number of nitrogen functional groups attached to an aromatic ring is 1. The lowest BCUT2D eigenvalue weighted by Crippen LogP contribution is -2.42. The molecule has 0 atom stereocenters. The average Bonchev–Trinajstić information content (AvgIpc) is 2.56. The summed E-state index contributed by atoms with van der Waals surface area (Å²) in [5.74, 6) is 0. The first-order valence-corrected chi connectivity index (χ1v) is 5.86. The van der Waals surface area contributed by atoms with Crippen molar-refractivity contribution in [3.8, 4) is 0 Å². The van der Waals surface area contributed by atoms with E-state index >= 15 is 0 Å². The van der Waals surface area contributed by atoms with Crippen LogP contribution in [-0.4, -0.2) is 38.3 Å². The molecule has 6 heteroatoms. The molecule has 0 spiro atoms. The van der Waals surface area contributed by atoms with Gasteiger partial charge in [-0.25, -0.2) is 0 Å². The van der Waals surface area contributed by atoms with Crippen molar-refractivity contribution in [1.82, 2.24) is 14.5 Å². The summed E-state index contributed by atoms with van der Waals surface area (Å²) in [5.41, 5.74) is 6.09. The van der Waals surface area contributed by atoms with E-state index < -0.39 is 5.60 Å². The van der Waals surface area contributed by atoms with Crippen molar-refractivity contribution in [1.29, 1.82) is 0 Å². The predicted molar refractivity (Wildman–Crippen MR) is 59.5 cm³/mol. The standard InChI is InChI=1S/C9H16N4OS/c1-9(14)2-4-13(5-3-9)6-7-8(10)15-12-11-7/h14H,2-6,10H2,1H3. The molecule has 1 aliphatic heterocycles. The van der Waals surface area contributed by atoms with Crippen molar-refractivity contribution >= 4 is 16.5 Å². The Labute approximate surface area is 93.1 Å². The van der Waals surface area contributed by atoms with E-state index in [1.807, 2.05) is 6.92 Å². The van der Waals surface area contributed by atoms with Gasteiger partial charge in [0.05, 0.1) is 5.60 Å². The maximum absolute atomic E-state index is 9.80. The van der Waals surface area contributed by atoms with Crippen molar-refractivity contribution in [3.63, 3.8) is 0 Å². The molecule has 1 fully saturated rings. The minimum absolute atomic E-state index is 0.498. The summed E-state index contributed by atoms with van der Waals surface area (Å²) in [7, 11) is 0. The van der Waals surface area contributed by atoms with Crippen LogP contribution in [-0.2, 0) is 6.54 Å². The zero-order chi connectivity index (χ0) is 10.9. The molecule has 0 unspecified atom stereocenters. The summed E-state index contributed by atoms with van der Waals surface area (Å²) >= 11 is 1.23. The van der Waals surface area contributed by atoms with E-state index in [2.05, 4.69) is 14.5 Å². The van der Waals surface area contributed by atoms with Gasteiger partial charge in [-0.15, -0.1) is 5.10 Å². The molecule has 2 heterocycles. The Balaban J connectivity index is 1.90. The lowest BCUT2D eigenvalue weighted by molar-refractivity contribution is -0.00752. The van der Waals surface area contributed by atoms with Crippen LogP contribution in [0.5, 0.6) is 0 Å². The molecule has 1 saturated heterocycles. The maximum Gasteiger partial charge on any atom is 0.132 e. The van der Waals surface area contributed by atoms with Gasteiger partial charge in [-0.2, -0.15) is 0 Å². The second-order valence-corrected chi connectivity index (χ2v) is 5.14. The number of likely N-dealkylation sites (tertiary alicyclic amines) is 1. The Hall–Kier alpha value is -0.720. The lowest BCUT2D eigenvalue weighted by atomic mass is 9.94. The van der Waals surface area contributed by atoms with E-state index in [-0.39, 0.29) is 0 Å². The Morgan fingerprint density at radius 3 is 2.73 bits per heavy atom. The molecule has 0 bridgehead atoms. The van der Waals surface area contributed by atoms with E-state index in [1.165, 1.54) is 11.5 Å². The predicted octanol–water partition coefficient (Wildman–Crippen LogP) is 0.467. The molecule has 0 radical (unpaired) electrons. The van der Waals surface area contributed by atoms with Crippen molar-refractivity contribution in [2.75, 3.05) is 18.8 Å². The van der Waals surface area contributed by atoms with Crippen LogP contribution in [0.2, 0.25) is 0 Å². The number of nitrogens with two attached hydrogens (primary N) is 1. The fourth-order valence-corrected chi connectivity index (χ4v) is 2.17. The summed E-state index contributed by atoms with van der Waals surface area (Å²) in [4.78, 5) is 2.26. The van der Waals surface area contributed by atoms with Crippen LogP contribution >= 0.6 is 11.5 Å². The number of aromatic nitrogens is 2. The normalized spacial score (nSPS) is 21.7. The topological polar surface area (TPSA) is 75.3 Å². The molecular weight excluding hydrogens is 212 g/mol. The average molecular weight is 228 g/mol. The van der Waals surface area contributed by atoms with Gasteiger partial charge in [0.2, 0.25) is 0 Å². The fraction of sp³-hybridized carbons (Fsp3) is 0.778. The monoisotopic (exact) mass is 228 g/mol. The van der Waals surface area contributed by atoms with Crippen LogP contribution < -0.4 is 5.73 Å². The largest absolute Gasteiger partial charge is 0.390 e. The fourth-order valence-electron chi connectivity index (χ4n) is 1.73. The minimum atomic E-state index is -0.498. The number of aliphatic hydroxyl groups is 1. The summed E-state index contributed by atoms with van der Waals surface area (Å²) in [6.07, 6.45) is 1.62. The molecule has 15 heavy (non-hydrogen) atoms. The van der Waals surface area contributed by atoms with Gasteiger partial charge in [0.15, 0.2) is 0 Å². The molecule has 1 aromatic heterocycles. The van der Waals surface area contributed by atoms with Gasteiger partial charge in [0.1, 0.15) is 10.7 Å². The Morgan fingerprint density at radius 1 is 1.53 bits per heavy atom. The first-order chi connectivity index (χ1) is 7.07. The van der Waals surface area contributed by atoms with Crippen LogP contribution in [0.4, 0.5) is 5.00 Å². The van der Waals surface area contributed by atoms with E-state index in [0.29, 0.717) is 5.00 Å². The van der Waals surface area contributed by atoms with Crippen LogP contribution in [0.1, 0.15) is 25.5 Å². The summed E-state index contributed by atoms with van der Waals surface area (Å²) in [6.45, 7) is 4.43. The highest BCUT2D eigenvalue weighted by Gasteiger charge is 2.27. The van der Waals surface area contributed by atoms with E-state index in [0.717, 1.165) is 38.2 Å². The third kappa shape index (κ3) is 2.64. The first-order valence-electron chi connectivity index (χ1n) is 5.08. The number of hydrogen-bond donors (Lipinski definition) is 2. The molecule has 5 nitrogen and oxygen atoms in total. The van der Waals surface area contributed by atoms with Crippen LogP contribution in [0.15, 0.2) is 0 Å². The molecular formula is C9H16N4OS. The molecule has 0 saturated carbocycles. The lowest BCUT2D eigenvalue weighted by Gasteiger charge is -2.35. The van der Waals surface area contributed by atoms with Crippen LogP contribution in [0.3, 0.4) is 0 Å². The zero-order valence-electron chi connectivity index (χ0n) is 8.81. The second kappa shape index (κ2) is 4.03. The van der Waals surface area contributed by atoms with Crippen LogP contribution in [0.25, 0.3) is 0 Å². The smallest absolute Gasteiger partial charge is 0.132 e. The third-order valence-corrected chi connectivity index (χ3v) is 3.49. The van der Waals surface area contributed by atoms with Gasteiger partial charge in [0.25, 0.3) is 0 Å². The highest BCUT2D eigenvalue weighted by molar-refractivity contribution is 7.09. The molecule has 0 amide bonds. The van der Waals surface area contributed by atoms with Crippen molar-refractivity contribution in [3.05, 3.63) is 5.69 Å². The van der Waals surface area contributed by atoms with Crippen molar-refractivity contribution < 1.29 is 5.11 Å². The minimum Gasteiger partial charge on any atom is -0.390 e. The maximum atomic E-state index is 9.80. The van der Waals surface area contributed by atoms with Gasteiger partial charge in [-0.05, 0) is 19.8 Å². The Kier molecular flexibility index (Phi) is 2.90. The number of nitrogens with zero attached hydrogens (tertiary/aromatic N) is 3. The van der Waals surface area contributed by atoms with Gasteiger partial charge >= 0.3 is 0 Å². The Bertz CT molecular complexity index is 329. The van der Waals surface area contributed by atoms with E-state index in [9.17, 15) is 5.11 Å². The molecule has 0 aromatic carbocycles. The number of anilines is 1. The molecule has 3 N–H and O–H groups in total. The molecule has 1 aromatic rings. The van der Waals surface area contributed by atoms with E-state index in [4.69, 9.17) is 5.73 Å². The number of piperidine rings is 1. The number of hydrogen-bond acceptors (Lipinski definition) is 6. The van der Waals surface area contributed by atoms with Gasteiger partial charge in [-0.3, -0.25) is 4.90 Å². The second-order valence-electron chi connectivity index (χ2n) is 4.36.